The topological polar surface area (TPSA) is 21.3 Å². The van der Waals surface area contributed by atoms with Crippen molar-refractivity contribution in [2.45, 2.75) is 0 Å². The average Bonchev–Trinajstić information content (AvgIpc) is 3.71. The van der Waals surface area contributed by atoms with Crippen LogP contribution < -0.4 is 4.90 Å². The average molecular weight is 627 g/mol. The first-order valence-corrected chi connectivity index (χ1v) is 16.7. The van der Waals surface area contributed by atoms with Gasteiger partial charge in [-0.25, -0.2) is 0 Å². The lowest BCUT2D eigenvalue weighted by Gasteiger charge is -2.26. The van der Waals surface area contributed by atoms with Gasteiger partial charge in [0, 0.05) is 44.3 Å². The number of benzene rings is 8. The Labute approximate surface area is 283 Å². The molecule has 0 aliphatic rings. The van der Waals surface area contributed by atoms with Crippen LogP contribution >= 0.6 is 0 Å². The Bertz CT molecular complexity index is 2830. The number of aromatic nitrogens is 1. The van der Waals surface area contributed by atoms with Crippen molar-refractivity contribution in [1.29, 1.82) is 0 Å². The van der Waals surface area contributed by atoms with Gasteiger partial charge in [0.15, 0.2) is 0 Å². The minimum atomic E-state index is 0.885. The van der Waals surface area contributed by atoms with Crippen LogP contribution in [0.4, 0.5) is 17.1 Å². The highest BCUT2D eigenvalue weighted by atomic mass is 16.3. The monoisotopic (exact) mass is 626 g/mol. The van der Waals surface area contributed by atoms with E-state index in [0.717, 1.165) is 44.7 Å². The van der Waals surface area contributed by atoms with Crippen LogP contribution in [-0.4, -0.2) is 4.57 Å². The molecule has 0 amide bonds. The van der Waals surface area contributed by atoms with E-state index in [1.165, 1.54) is 43.7 Å². The molecule has 0 fully saturated rings. The molecule has 0 saturated carbocycles. The summed E-state index contributed by atoms with van der Waals surface area (Å²) < 4.78 is 8.64. The summed E-state index contributed by atoms with van der Waals surface area (Å²) in [6.07, 6.45) is 0. The van der Waals surface area contributed by atoms with E-state index in [2.05, 4.69) is 179 Å². The van der Waals surface area contributed by atoms with Crippen LogP contribution in [0.2, 0.25) is 0 Å². The van der Waals surface area contributed by atoms with E-state index >= 15 is 0 Å². The zero-order valence-electron chi connectivity index (χ0n) is 26.6. The molecule has 0 atom stereocenters. The van der Waals surface area contributed by atoms with Gasteiger partial charge < -0.3 is 13.9 Å². The highest BCUT2D eigenvalue weighted by Gasteiger charge is 2.20. The van der Waals surface area contributed by atoms with Crippen molar-refractivity contribution >= 4 is 71.6 Å². The molecular weight excluding hydrogens is 597 g/mol. The van der Waals surface area contributed by atoms with Gasteiger partial charge in [-0.1, -0.05) is 109 Å². The smallest absolute Gasteiger partial charge is 0.135 e. The first-order chi connectivity index (χ1) is 24.3. The fraction of sp³-hybridized carbons (Fsp3) is 0. The van der Waals surface area contributed by atoms with Crippen LogP contribution in [0.5, 0.6) is 0 Å². The van der Waals surface area contributed by atoms with Crippen molar-refractivity contribution in [2.24, 2.45) is 0 Å². The molecule has 3 heteroatoms. The van der Waals surface area contributed by atoms with Crippen molar-refractivity contribution in [1.82, 2.24) is 4.57 Å². The second-order valence-electron chi connectivity index (χ2n) is 12.6. The second-order valence-corrected chi connectivity index (χ2v) is 12.6. The van der Waals surface area contributed by atoms with E-state index in [1.807, 2.05) is 12.1 Å². The standard InChI is InChI=1S/C46H30N2O/c1-3-12-31(13-4-1)33-15-11-18-35(28-33)47(37-24-27-45-40(29-37)39-20-9-10-21-44(39)49-45)36-23-26-42-41(30-36)46-38-19-8-7-14-32(38)22-25-43(46)48(42)34-16-5-2-6-17-34/h1-30H. The van der Waals surface area contributed by atoms with E-state index in [1.54, 1.807) is 0 Å². The zero-order valence-corrected chi connectivity index (χ0v) is 26.6. The van der Waals surface area contributed by atoms with Gasteiger partial charge in [0.1, 0.15) is 11.2 Å². The fourth-order valence-electron chi connectivity index (χ4n) is 7.53. The summed E-state index contributed by atoms with van der Waals surface area (Å²) in [4.78, 5) is 2.38. The van der Waals surface area contributed by atoms with Crippen LogP contribution in [0, 0.1) is 0 Å². The number of hydrogen-bond donors (Lipinski definition) is 0. The van der Waals surface area contributed by atoms with Gasteiger partial charge in [-0.2, -0.15) is 0 Å². The molecule has 2 heterocycles. The maximum absolute atomic E-state index is 6.25. The lowest BCUT2D eigenvalue weighted by molar-refractivity contribution is 0.669. The SMILES string of the molecule is c1ccc(-c2cccc(N(c3ccc4oc5ccccc5c4c3)c3ccc4c(c3)c3c5ccccc5ccc3n4-c3ccccc3)c2)cc1. The summed E-state index contributed by atoms with van der Waals surface area (Å²) in [5, 5.41) is 7.17. The van der Waals surface area contributed by atoms with Crippen molar-refractivity contribution in [3.63, 3.8) is 0 Å². The third kappa shape index (κ3) is 4.44. The number of para-hydroxylation sites is 2. The van der Waals surface area contributed by atoms with Gasteiger partial charge in [0.25, 0.3) is 0 Å². The molecule has 0 unspecified atom stereocenters. The molecule has 0 spiro atoms. The molecule has 0 N–H and O–H groups in total. The zero-order chi connectivity index (χ0) is 32.3. The highest BCUT2D eigenvalue weighted by Crippen LogP contribution is 2.43. The molecule has 2 aromatic heterocycles. The van der Waals surface area contributed by atoms with Gasteiger partial charge in [-0.05, 0) is 94.7 Å². The van der Waals surface area contributed by atoms with E-state index in [4.69, 9.17) is 4.42 Å². The Morgan fingerprint density at radius 2 is 1.02 bits per heavy atom. The summed E-state index contributed by atoms with van der Waals surface area (Å²) in [7, 11) is 0. The Morgan fingerprint density at radius 3 is 1.88 bits per heavy atom. The Balaban J connectivity index is 1.26. The van der Waals surface area contributed by atoms with Crippen molar-refractivity contribution in [2.75, 3.05) is 4.90 Å². The fourth-order valence-corrected chi connectivity index (χ4v) is 7.53. The first kappa shape index (κ1) is 27.5. The Hall–Kier alpha value is -6.58. The third-order valence-electron chi connectivity index (χ3n) is 9.74. The lowest BCUT2D eigenvalue weighted by atomic mass is 10.0. The quantitative estimate of drug-likeness (QED) is 0.190. The number of hydrogen-bond acceptors (Lipinski definition) is 2. The van der Waals surface area contributed by atoms with E-state index < -0.39 is 0 Å². The first-order valence-electron chi connectivity index (χ1n) is 16.7. The van der Waals surface area contributed by atoms with Crippen molar-refractivity contribution in [3.05, 3.63) is 182 Å². The van der Waals surface area contributed by atoms with Crippen LogP contribution in [0.1, 0.15) is 0 Å². The Morgan fingerprint density at radius 1 is 0.388 bits per heavy atom. The molecule has 3 nitrogen and oxygen atoms in total. The van der Waals surface area contributed by atoms with Crippen LogP contribution in [0.3, 0.4) is 0 Å². The molecule has 0 saturated heterocycles. The van der Waals surface area contributed by atoms with Gasteiger partial charge in [-0.3, -0.25) is 0 Å². The summed E-state index contributed by atoms with van der Waals surface area (Å²) in [6.45, 7) is 0. The molecular formula is C46H30N2O. The number of anilines is 3. The van der Waals surface area contributed by atoms with Crippen LogP contribution in [-0.2, 0) is 0 Å². The molecule has 8 aromatic carbocycles. The maximum atomic E-state index is 6.25. The molecule has 230 valence electrons. The molecule has 0 radical (unpaired) electrons. The third-order valence-corrected chi connectivity index (χ3v) is 9.74. The Kier molecular flexibility index (Phi) is 6.18. The summed E-state index contributed by atoms with van der Waals surface area (Å²) in [5.74, 6) is 0. The van der Waals surface area contributed by atoms with Crippen molar-refractivity contribution < 1.29 is 4.42 Å². The van der Waals surface area contributed by atoms with E-state index in [0.29, 0.717) is 0 Å². The van der Waals surface area contributed by atoms with Gasteiger partial charge >= 0.3 is 0 Å². The predicted octanol–water partition coefficient (Wildman–Crippen LogP) is 13.0. The summed E-state index contributed by atoms with van der Waals surface area (Å²) in [5.41, 5.74) is 10.9. The van der Waals surface area contributed by atoms with E-state index in [-0.39, 0.29) is 0 Å². The lowest BCUT2D eigenvalue weighted by Crippen LogP contribution is -2.10. The summed E-state index contributed by atoms with van der Waals surface area (Å²) in [6, 6.07) is 65.1. The number of furan rings is 1. The van der Waals surface area contributed by atoms with Gasteiger partial charge in [0.2, 0.25) is 0 Å². The second kappa shape index (κ2) is 11.0. The predicted molar refractivity (Wildman–Crippen MR) is 206 cm³/mol. The highest BCUT2D eigenvalue weighted by molar-refractivity contribution is 6.22. The normalized spacial score (nSPS) is 11.7. The van der Waals surface area contributed by atoms with Crippen molar-refractivity contribution in [3.8, 4) is 16.8 Å². The minimum Gasteiger partial charge on any atom is -0.456 e. The molecule has 0 aliphatic heterocycles. The van der Waals surface area contributed by atoms with Gasteiger partial charge in [-0.15, -0.1) is 0 Å². The van der Waals surface area contributed by atoms with E-state index in [9.17, 15) is 0 Å². The number of nitrogens with zero attached hydrogens (tertiary/aromatic N) is 2. The van der Waals surface area contributed by atoms with Gasteiger partial charge in [0.05, 0.1) is 11.0 Å². The van der Waals surface area contributed by atoms with Crippen LogP contribution in [0.25, 0.3) is 71.3 Å². The maximum Gasteiger partial charge on any atom is 0.135 e. The van der Waals surface area contributed by atoms with Crippen LogP contribution in [0.15, 0.2) is 186 Å². The molecule has 10 rings (SSSR count). The molecule has 0 bridgehead atoms. The molecule has 0 aliphatic carbocycles. The number of fused-ring (bicyclic) bond motifs is 8. The summed E-state index contributed by atoms with van der Waals surface area (Å²) >= 11 is 0. The largest absolute Gasteiger partial charge is 0.456 e. The number of rotatable bonds is 5. The molecule has 10 aromatic rings. The minimum absolute atomic E-state index is 0.885. The molecule has 49 heavy (non-hydrogen) atoms.